The molecule has 0 unspecified atom stereocenters. The number of ether oxygens (including phenoxy) is 2. The second-order valence-electron chi connectivity index (χ2n) is 4.96. The van der Waals surface area contributed by atoms with E-state index in [0.717, 1.165) is 22.6 Å². The molecule has 0 amide bonds. The topological polar surface area (TPSA) is 21.7 Å². The quantitative estimate of drug-likeness (QED) is 0.758. The molecular weight excluding hydrogens is 245 g/mol. The van der Waals surface area contributed by atoms with Crippen molar-refractivity contribution in [3.05, 3.63) is 23.3 Å². The molecule has 1 aromatic rings. The van der Waals surface area contributed by atoms with Crippen LogP contribution in [0.5, 0.6) is 11.5 Å². The van der Waals surface area contributed by atoms with Crippen LogP contribution in [-0.2, 0) is 6.54 Å². The first-order valence-corrected chi connectivity index (χ1v) is 6.53. The molecule has 0 bridgehead atoms. The van der Waals surface area contributed by atoms with Crippen molar-refractivity contribution in [2.24, 2.45) is 0 Å². The van der Waals surface area contributed by atoms with Crippen molar-refractivity contribution in [3.8, 4) is 11.5 Å². The summed E-state index contributed by atoms with van der Waals surface area (Å²) in [5.41, 5.74) is 2.12. The molecule has 108 valence electrons. The van der Waals surface area contributed by atoms with Crippen LogP contribution in [0.1, 0.15) is 30.9 Å². The standard InChI is InChI=1S/C15H24FNO2/c1-11(2)14-13(18-4)7-6-12(15(14)19-5)10-17(3)9-8-16/h6-7,11H,8-10H2,1-5H3. The molecule has 0 radical (unpaired) electrons. The van der Waals surface area contributed by atoms with Gasteiger partial charge in [0.25, 0.3) is 0 Å². The van der Waals surface area contributed by atoms with E-state index in [4.69, 9.17) is 9.47 Å². The Balaban J connectivity index is 3.15. The molecule has 3 nitrogen and oxygen atoms in total. The summed E-state index contributed by atoms with van der Waals surface area (Å²) in [6, 6.07) is 3.94. The lowest BCUT2D eigenvalue weighted by atomic mass is 9.97. The molecule has 0 atom stereocenters. The van der Waals surface area contributed by atoms with E-state index in [1.807, 2.05) is 24.1 Å². The molecule has 0 heterocycles. The van der Waals surface area contributed by atoms with Gasteiger partial charge in [-0.1, -0.05) is 19.9 Å². The average Bonchev–Trinajstić information content (AvgIpc) is 2.38. The largest absolute Gasteiger partial charge is 0.496 e. The predicted molar refractivity (Wildman–Crippen MR) is 75.9 cm³/mol. The number of hydrogen-bond donors (Lipinski definition) is 0. The zero-order chi connectivity index (χ0) is 14.4. The summed E-state index contributed by atoms with van der Waals surface area (Å²) in [6.45, 7) is 4.96. The van der Waals surface area contributed by atoms with Crippen molar-refractivity contribution in [1.82, 2.24) is 4.90 Å². The van der Waals surface area contributed by atoms with E-state index in [1.165, 1.54) is 0 Å². The molecule has 0 N–H and O–H groups in total. The lowest BCUT2D eigenvalue weighted by Crippen LogP contribution is -2.21. The molecule has 0 fully saturated rings. The summed E-state index contributed by atoms with van der Waals surface area (Å²) in [5.74, 6) is 1.99. The van der Waals surface area contributed by atoms with Crippen LogP contribution in [-0.4, -0.2) is 39.4 Å². The minimum Gasteiger partial charge on any atom is -0.496 e. The summed E-state index contributed by atoms with van der Waals surface area (Å²) >= 11 is 0. The van der Waals surface area contributed by atoms with Crippen molar-refractivity contribution >= 4 is 0 Å². The number of nitrogens with zero attached hydrogens (tertiary/aromatic N) is 1. The highest BCUT2D eigenvalue weighted by molar-refractivity contribution is 5.51. The molecular formula is C15H24FNO2. The summed E-state index contributed by atoms with van der Waals surface area (Å²) in [5, 5.41) is 0. The van der Waals surface area contributed by atoms with E-state index in [1.54, 1.807) is 14.2 Å². The predicted octanol–water partition coefficient (Wildman–Crippen LogP) is 3.23. The number of benzene rings is 1. The Kier molecular flexibility index (Phi) is 6.09. The first-order valence-electron chi connectivity index (χ1n) is 6.53. The van der Waals surface area contributed by atoms with Crippen LogP contribution < -0.4 is 9.47 Å². The van der Waals surface area contributed by atoms with Gasteiger partial charge in [-0.2, -0.15) is 0 Å². The average molecular weight is 269 g/mol. The van der Waals surface area contributed by atoms with Crippen molar-refractivity contribution in [2.75, 3.05) is 34.5 Å². The summed E-state index contributed by atoms with van der Waals surface area (Å²) in [6.07, 6.45) is 0. The Morgan fingerprint density at radius 2 is 1.89 bits per heavy atom. The van der Waals surface area contributed by atoms with Crippen molar-refractivity contribution in [2.45, 2.75) is 26.3 Å². The molecule has 0 aliphatic heterocycles. The molecule has 0 aliphatic carbocycles. The minimum atomic E-state index is -0.341. The van der Waals surface area contributed by atoms with Gasteiger partial charge in [0.15, 0.2) is 0 Å². The maximum atomic E-state index is 12.4. The van der Waals surface area contributed by atoms with Gasteiger partial charge in [-0.25, -0.2) is 4.39 Å². The zero-order valence-electron chi connectivity index (χ0n) is 12.5. The first-order chi connectivity index (χ1) is 9.04. The highest BCUT2D eigenvalue weighted by atomic mass is 19.1. The van der Waals surface area contributed by atoms with E-state index in [0.29, 0.717) is 19.0 Å². The van der Waals surface area contributed by atoms with E-state index in [2.05, 4.69) is 13.8 Å². The van der Waals surface area contributed by atoms with E-state index < -0.39 is 0 Å². The van der Waals surface area contributed by atoms with Crippen LogP contribution in [0.4, 0.5) is 4.39 Å². The molecule has 0 aliphatic rings. The van der Waals surface area contributed by atoms with Crippen LogP contribution in [0.3, 0.4) is 0 Å². The fourth-order valence-electron chi connectivity index (χ4n) is 2.23. The number of methoxy groups -OCH3 is 2. The summed E-state index contributed by atoms with van der Waals surface area (Å²) in [7, 11) is 5.23. The van der Waals surface area contributed by atoms with Gasteiger partial charge in [0.2, 0.25) is 0 Å². The van der Waals surface area contributed by atoms with Gasteiger partial charge in [-0.05, 0) is 19.0 Å². The number of alkyl halides is 1. The third kappa shape index (κ3) is 3.83. The van der Waals surface area contributed by atoms with Gasteiger partial charge < -0.3 is 9.47 Å². The lowest BCUT2D eigenvalue weighted by molar-refractivity contribution is 0.282. The number of hydrogen-bond acceptors (Lipinski definition) is 3. The van der Waals surface area contributed by atoms with Crippen LogP contribution in [0, 0.1) is 0 Å². The van der Waals surface area contributed by atoms with Gasteiger partial charge in [0.05, 0.1) is 14.2 Å². The van der Waals surface area contributed by atoms with E-state index in [-0.39, 0.29) is 6.67 Å². The van der Waals surface area contributed by atoms with E-state index >= 15 is 0 Å². The first kappa shape index (κ1) is 15.8. The third-order valence-electron chi connectivity index (χ3n) is 3.15. The highest BCUT2D eigenvalue weighted by Gasteiger charge is 2.18. The number of halogens is 1. The van der Waals surface area contributed by atoms with Crippen LogP contribution in [0.25, 0.3) is 0 Å². The maximum absolute atomic E-state index is 12.4. The zero-order valence-corrected chi connectivity index (χ0v) is 12.5. The van der Waals surface area contributed by atoms with Crippen molar-refractivity contribution in [1.29, 1.82) is 0 Å². The minimum absolute atomic E-state index is 0.302. The Labute approximate surface area is 115 Å². The lowest BCUT2D eigenvalue weighted by Gasteiger charge is -2.22. The summed E-state index contributed by atoms with van der Waals surface area (Å²) < 4.78 is 23.3. The molecule has 0 saturated carbocycles. The molecule has 0 saturated heterocycles. The molecule has 4 heteroatoms. The highest BCUT2D eigenvalue weighted by Crippen LogP contribution is 2.38. The smallest absolute Gasteiger partial charge is 0.130 e. The van der Waals surface area contributed by atoms with E-state index in [9.17, 15) is 4.39 Å². The summed E-state index contributed by atoms with van der Waals surface area (Å²) in [4.78, 5) is 1.94. The molecule has 0 aromatic heterocycles. The maximum Gasteiger partial charge on any atom is 0.130 e. The van der Waals surface area contributed by atoms with Crippen LogP contribution >= 0.6 is 0 Å². The molecule has 1 rings (SSSR count). The Bertz CT molecular complexity index is 407. The fourth-order valence-corrected chi connectivity index (χ4v) is 2.23. The Hall–Kier alpha value is -1.29. The van der Waals surface area contributed by atoms with Crippen molar-refractivity contribution in [3.63, 3.8) is 0 Å². The monoisotopic (exact) mass is 269 g/mol. The van der Waals surface area contributed by atoms with Gasteiger partial charge in [-0.15, -0.1) is 0 Å². The van der Waals surface area contributed by atoms with Gasteiger partial charge in [-0.3, -0.25) is 4.90 Å². The van der Waals surface area contributed by atoms with Gasteiger partial charge in [0, 0.05) is 24.2 Å². The molecule has 1 aromatic carbocycles. The van der Waals surface area contributed by atoms with Gasteiger partial charge in [0.1, 0.15) is 18.2 Å². The molecule has 0 spiro atoms. The van der Waals surface area contributed by atoms with Crippen molar-refractivity contribution < 1.29 is 13.9 Å². The third-order valence-corrected chi connectivity index (χ3v) is 3.15. The normalized spacial score (nSPS) is 11.2. The molecule has 19 heavy (non-hydrogen) atoms. The fraction of sp³-hybridized carbons (Fsp3) is 0.600. The second kappa shape index (κ2) is 7.34. The van der Waals surface area contributed by atoms with Gasteiger partial charge >= 0.3 is 0 Å². The van der Waals surface area contributed by atoms with Crippen LogP contribution in [0.2, 0.25) is 0 Å². The second-order valence-corrected chi connectivity index (χ2v) is 4.96. The van der Waals surface area contributed by atoms with Crippen LogP contribution in [0.15, 0.2) is 12.1 Å². The SMILES string of the molecule is COc1ccc(CN(C)CCF)c(OC)c1C(C)C. The Morgan fingerprint density at radius 3 is 2.37 bits per heavy atom. The Morgan fingerprint density at radius 1 is 1.21 bits per heavy atom. The number of rotatable bonds is 7.